The molecular weight excluding hydrogens is 556 g/mol. The summed E-state index contributed by atoms with van der Waals surface area (Å²) in [6, 6.07) is 15.4. The molecule has 1 atom stereocenters. The van der Waals surface area contributed by atoms with Crippen molar-refractivity contribution in [3.8, 4) is 28.1 Å². The zero-order valence-electron chi connectivity index (χ0n) is 26.4. The molecule has 1 fully saturated rings. The lowest BCUT2D eigenvalue weighted by molar-refractivity contribution is -0.160. The number of fused-ring (bicyclic) bond motifs is 1. The summed E-state index contributed by atoms with van der Waals surface area (Å²) in [7, 11) is 0. The minimum Gasteiger partial charge on any atom is -0.507 e. The van der Waals surface area contributed by atoms with Gasteiger partial charge in [-0.3, -0.25) is 0 Å². The average molecular weight is 599 g/mol. The van der Waals surface area contributed by atoms with Crippen LogP contribution < -0.4 is 4.90 Å². The first-order chi connectivity index (χ1) is 20.8. The summed E-state index contributed by atoms with van der Waals surface area (Å²) < 4.78 is 14.0. The van der Waals surface area contributed by atoms with E-state index in [1.54, 1.807) is 16.7 Å². The van der Waals surface area contributed by atoms with E-state index in [-0.39, 0.29) is 11.4 Å². The van der Waals surface area contributed by atoms with Crippen LogP contribution in [0.25, 0.3) is 28.0 Å². The number of benzene rings is 2. The van der Waals surface area contributed by atoms with Crippen LogP contribution >= 0.6 is 0 Å². The van der Waals surface area contributed by atoms with Crippen molar-refractivity contribution in [3.05, 3.63) is 78.0 Å². The number of phenols is 1. The summed E-state index contributed by atoms with van der Waals surface area (Å²) >= 11 is 0. The fourth-order valence-corrected chi connectivity index (χ4v) is 5.78. The first-order valence-electron chi connectivity index (χ1n) is 15.0. The van der Waals surface area contributed by atoms with E-state index in [2.05, 4.69) is 18.4 Å². The molecule has 0 bridgehead atoms. The van der Waals surface area contributed by atoms with Gasteiger partial charge in [0.1, 0.15) is 11.6 Å². The van der Waals surface area contributed by atoms with E-state index in [1.165, 1.54) is 0 Å². The highest BCUT2D eigenvalue weighted by molar-refractivity contribution is 5.80. The van der Waals surface area contributed by atoms with E-state index in [0.717, 1.165) is 35.1 Å². The van der Waals surface area contributed by atoms with Crippen LogP contribution in [0.15, 0.2) is 61.2 Å². The van der Waals surface area contributed by atoms with Crippen molar-refractivity contribution in [1.29, 1.82) is 0 Å². The zero-order chi connectivity index (χ0) is 31.8. The molecular formula is C35H42N4O5. The number of nitrogens with zero attached hydrogens (tertiary/aromatic N) is 4. The van der Waals surface area contributed by atoms with Crippen molar-refractivity contribution in [3.63, 3.8) is 0 Å². The second-order valence-corrected chi connectivity index (χ2v) is 12.8. The predicted molar refractivity (Wildman–Crippen MR) is 172 cm³/mol. The lowest BCUT2D eigenvalue weighted by Gasteiger charge is -2.41. The third kappa shape index (κ3) is 6.49. The minimum atomic E-state index is -1.24. The number of carboxylic acids is 1. The molecule has 232 valence electrons. The van der Waals surface area contributed by atoms with E-state index in [1.807, 2.05) is 77.1 Å². The van der Waals surface area contributed by atoms with Gasteiger partial charge in [-0.25, -0.2) is 9.78 Å². The molecule has 1 aliphatic heterocycles. The van der Waals surface area contributed by atoms with Gasteiger partial charge in [-0.15, -0.1) is 6.58 Å². The van der Waals surface area contributed by atoms with Gasteiger partial charge in [0.2, 0.25) is 0 Å². The van der Waals surface area contributed by atoms with Crippen LogP contribution in [0.4, 0.5) is 5.82 Å². The molecule has 44 heavy (non-hydrogen) atoms. The van der Waals surface area contributed by atoms with E-state index in [9.17, 15) is 15.0 Å². The van der Waals surface area contributed by atoms with Crippen LogP contribution in [0.5, 0.6) is 5.75 Å². The fraction of sp³-hybridized carbons (Fsp3) is 0.400. The molecule has 9 heteroatoms. The predicted octanol–water partition coefficient (Wildman–Crippen LogP) is 6.89. The maximum atomic E-state index is 12.7. The molecule has 0 aliphatic carbocycles. The summed E-state index contributed by atoms with van der Waals surface area (Å²) in [5.41, 5.74) is 4.76. The summed E-state index contributed by atoms with van der Waals surface area (Å²) in [5.74, 6) is -0.206. The quantitative estimate of drug-likeness (QED) is 0.201. The average Bonchev–Trinajstić information content (AvgIpc) is 3.38. The number of aryl methyl sites for hydroxylation is 2. The fourth-order valence-electron chi connectivity index (χ4n) is 5.78. The van der Waals surface area contributed by atoms with Gasteiger partial charge >= 0.3 is 5.97 Å². The minimum absolute atomic E-state index is 0.217. The second-order valence-electron chi connectivity index (χ2n) is 12.8. The number of piperidine rings is 1. The molecule has 0 saturated carbocycles. The molecule has 1 unspecified atom stereocenters. The maximum Gasteiger partial charge on any atom is 0.337 e. The Hall–Kier alpha value is -4.21. The number of anilines is 1. The Morgan fingerprint density at radius 2 is 1.82 bits per heavy atom. The smallest absolute Gasteiger partial charge is 0.337 e. The number of phenolic OH excluding ortho intramolecular Hbond substituents is 1. The Kier molecular flexibility index (Phi) is 8.55. The van der Waals surface area contributed by atoms with E-state index in [0.29, 0.717) is 48.1 Å². The number of carboxylic acid groups (broad SMARTS) is 1. The van der Waals surface area contributed by atoms with Gasteiger partial charge in [0.25, 0.3) is 0 Å². The van der Waals surface area contributed by atoms with Gasteiger partial charge in [-0.2, -0.15) is 9.61 Å². The molecule has 3 heterocycles. The molecule has 2 aromatic heterocycles. The number of aromatic hydroxyl groups is 1. The molecule has 5 rings (SSSR count). The lowest BCUT2D eigenvalue weighted by atomic mass is 9.92. The van der Waals surface area contributed by atoms with Gasteiger partial charge in [-0.1, -0.05) is 36.4 Å². The monoisotopic (exact) mass is 598 g/mol. The first kappa shape index (κ1) is 31.2. The molecule has 1 aliphatic rings. The van der Waals surface area contributed by atoms with Crippen molar-refractivity contribution in [2.75, 3.05) is 24.6 Å². The van der Waals surface area contributed by atoms with Crippen LogP contribution in [-0.2, 0) is 14.3 Å². The number of rotatable bonds is 9. The SMILES string of the molecule is C=CCOC1(C)CCN(c2c(C(OC(C)(C)C)C(=O)O)c(C)nc3cc(-c4cccc(-c5ccc(C)cc5O)c4)nn23)CC1. The van der Waals surface area contributed by atoms with E-state index >= 15 is 0 Å². The highest BCUT2D eigenvalue weighted by Crippen LogP contribution is 2.39. The zero-order valence-corrected chi connectivity index (χ0v) is 26.4. The van der Waals surface area contributed by atoms with Gasteiger partial charge < -0.3 is 24.6 Å². The number of ether oxygens (including phenoxy) is 2. The Balaban J connectivity index is 1.64. The summed E-state index contributed by atoms with van der Waals surface area (Å²) in [5, 5.41) is 26.0. The standard InChI is InChI=1S/C35H42N4O5/c1-8-18-43-35(7)14-16-38(17-15-35)32-30(31(33(41)42)44-34(4,5)6)23(3)36-29-21-27(37-39(29)32)25-11-9-10-24(20-25)26-13-12-22(2)19-28(26)40/h8-13,19-21,31,40H,1,14-18H2,2-7H3,(H,41,42). The number of carbonyl (C=O) groups is 1. The number of aliphatic carboxylic acids is 1. The largest absolute Gasteiger partial charge is 0.507 e. The molecule has 1 saturated heterocycles. The van der Waals surface area contributed by atoms with Crippen molar-refractivity contribution in [2.24, 2.45) is 0 Å². The first-order valence-corrected chi connectivity index (χ1v) is 15.0. The van der Waals surface area contributed by atoms with Crippen molar-refractivity contribution in [2.45, 2.75) is 71.7 Å². The van der Waals surface area contributed by atoms with Gasteiger partial charge in [0.15, 0.2) is 11.8 Å². The van der Waals surface area contributed by atoms with Crippen molar-refractivity contribution in [1.82, 2.24) is 14.6 Å². The molecule has 9 nitrogen and oxygen atoms in total. The number of hydrogen-bond donors (Lipinski definition) is 2. The van der Waals surface area contributed by atoms with Crippen LogP contribution in [0, 0.1) is 13.8 Å². The van der Waals surface area contributed by atoms with Crippen molar-refractivity contribution >= 4 is 17.4 Å². The highest BCUT2D eigenvalue weighted by atomic mass is 16.5. The Morgan fingerprint density at radius 3 is 2.45 bits per heavy atom. The van der Waals surface area contributed by atoms with E-state index < -0.39 is 17.7 Å². The van der Waals surface area contributed by atoms with Crippen LogP contribution in [-0.4, -0.2) is 61.7 Å². The Morgan fingerprint density at radius 1 is 1.11 bits per heavy atom. The van der Waals surface area contributed by atoms with Crippen molar-refractivity contribution < 1.29 is 24.5 Å². The third-order valence-corrected chi connectivity index (χ3v) is 8.05. The number of hydrogen-bond acceptors (Lipinski definition) is 7. The second kappa shape index (κ2) is 12.1. The van der Waals surface area contributed by atoms with Gasteiger partial charge in [0.05, 0.1) is 29.1 Å². The highest BCUT2D eigenvalue weighted by Gasteiger charge is 2.37. The van der Waals surface area contributed by atoms with Crippen LogP contribution in [0.1, 0.15) is 63.5 Å². The van der Waals surface area contributed by atoms with Crippen LogP contribution in [0.3, 0.4) is 0 Å². The normalized spacial score (nSPS) is 15.8. The maximum absolute atomic E-state index is 12.7. The Bertz CT molecular complexity index is 1700. The van der Waals surface area contributed by atoms with Gasteiger partial charge in [0, 0.05) is 36.0 Å². The lowest BCUT2D eigenvalue weighted by Crippen LogP contribution is -2.45. The summed E-state index contributed by atoms with van der Waals surface area (Å²) in [6.07, 6.45) is 2.01. The van der Waals surface area contributed by atoms with Gasteiger partial charge in [-0.05, 0) is 77.6 Å². The van der Waals surface area contributed by atoms with Crippen LogP contribution in [0.2, 0.25) is 0 Å². The topological polar surface area (TPSA) is 109 Å². The summed E-state index contributed by atoms with van der Waals surface area (Å²) in [6.45, 7) is 16.9. The molecule has 2 N–H and O–H groups in total. The third-order valence-electron chi connectivity index (χ3n) is 8.05. The molecule has 4 aromatic rings. The Labute approximate surface area is 258 Å². The molecule has 0 spiro atoms. The summed E-state index contributed by atoms with van der Waals surface area (Å²) in [4.78, 5) is 19.7. The molecule has 0 amide bonds. The molecule has 2 aromatic carbocycles. The number of aromatic nitrogens is 3. The van der Waals surface area contributed by atoms with E-state index in [4.69, 9.17) is 19.6 Å². The molecule has 0 radical (unpaired) electrons.